The summed E-state index contributed by atoms with van der Waals surface area (Å²) in [7, 11) is -3.44. The molecule has 0 saturated heterocycles. The number of fused-ring (bicyclic) bond motifs is 1. The average molecular weight is 252 g/mol. The maximum Gasteiger partial charge on any atom is 0.218 e. The Morgan fingerprint density at radius 3 is 3.00 bits per heavy atom. The molecule has 0 aromatic rings. The van der Waals surface area contributed by atoms with Crippen LogP contribution in [0.1, 0.15) is 0 Å². The van der Waals surface area contributed by atoms with Gasteiger partial charge in [0.2, 0.25) is 5.72 Å². The molecule has 78 valence electrons. The molecule has 0 aliphatic carbocycles. The monoisotopic (exact) mass is 252 g/mol. The normalized spacial score (nSPS) is 39.1. The van der Waals surface area contributed by atoms with Crippen molar-refractivity contribution in [2.45, 2.75) is 10.3 Å². The van der Waals surface area contributed by atoms with E-state index in [2.05, 4.69) is 4.99 Å². The standard InChI is InChI=1S/C6H8N2O3S3/c1-12-3-2-14(10,11)4-6(3,9)8-5(7)13-4/h2,4,9H,1H3,(H2,7,8)/t4-,6+/m1/s1. The maximum absolute atomic E-state index is 11.6. The first kappa shape index (κ1) is 10.3. The number of aliphatic imine (C=N–C) groups is 1. The Bertz CT molecular complexity index is 441. The maximum atomic E-state index is 11.6. The molecule has 0 radical (unpaired) electrons. The van der Waals surface area contributed by atoms with Crippen molar-refractivity contribution in [3.63, 3.8) is 0 Å². The van der Waals surface area contributed by atoms with Gasteiger partial charge in [-0.2, -0.15) is 0 Å². The van der Waals surface area contributed by atoms with E-state index < -0.39 is 20.1 Å². The summed E-state index contributed by atoms with van der Waals surface area (Å²) < 4.78 is 22.1. The number of rotatable bonds is 1. The number of amidine groups is 1. The van der Waals surface area contributed by atoms with Gasteiger partial charge in [0.25, 0.3) is 0 Å². The molecule has 2 atom stereocenters. The van der Waals surface area contributed by atoms with Crippen LogP contribution in [0.4, 0.5) is 0 Å². The fourth-order valence-electron chi connectivity index (χ4n) is 1.40. The Balaban J connectivity index is 2.58. The molecule has 0 spiro atoms. The van der Waals surface area contributed by atoms with Crippen LogP contribution in [0.25, 0.3) is 0 Å². The van der Waals surface area contributed by atoms with Crippen molar-refractivity contribution in [1.29, 1.82) is 0 Å². The minimum atomic E-state index is -3.44. The van der Waals surface area contributed by atoms with Crippen LogP contribution in [0.2, 0.25) is 0 Å². The molecule has 0 aromatic heterocycles. The van der Waals surface area contributed by atoms with Crippen LogP contribution in [0.15, 0.2) is 15.3 Å². The van der Waals surface area contributed by atoms with Crippen LogP contribution in [-0.4, -0.2) is 35.3 Å². The Labute approximate surface area is 89.8 Å². The SMILES string of the molecule is CSC1=CS(=O)(=O)[C@H]2SC(N)=N[C@]12O. The smallest absolute Gasteiger partial charge is 0.218 e. The summed E-state index contributed by atoms with van der Waals surface area (Å²) in [5.74, 6) is 0. The highest BCUT2D eigenvalue weighted by Gasteiger charge is 2.57. The zero-order chi connectivity index (χ0) is 10.6. The largest absolute Gasteiger partial charge is 0.378 e. The van der Waals surface area contributed by atoms with Gasteiger partial charge in [-0.25, -0.2) is 13.4 Å². The van der Waals surface area contributed by atoms with E-state index >= 15 is 0 Å². The lowest BCUT2D eigenvalue weighted by Gasteiger charge is -2.19. The third kappa shape index (κ3) is 1.21. The molecule has 2 rings (SSSR count). The summed E-state index contributed by atoms with van der Waals surface area (Å²) in [4.78, 5) is 4.10. The van der Waals surface area contributed by atoms with Gasteiger partial charge in [-0.05, 0) is 6.26 Å². The molecule has 0 saturated carbocycles. The zero-order valence-corrected chi connectivity index (χ0v) is 9.62. The van der Waals surface area contributed by atoms with Crippen molar-refractivity contribution in [3.05, 3.63) is 10.3 Å². The van der Waals surface area contributed by atoms with Gasteiger partial charge < -0.3 is 10.8 Å². The molecule has 0 aromatic carbocycles. The first-order valence-corrected chi connectivity index (χ1v) is 7.36. The predicted molar refractivity (Wildman–Crippen MR) is 58.5 cm³/mol. The average Bonchev–Trinajstić information content (AvgIpc) is 2.46. The predicted octanol–water partition coefficient (Wildman–Crippen LogP) is -0.305. The molecule has 0 unspecified atom stereocenters. The number of sulfone groups is 1. The van der Waals surface area contributed by atoms with Crippen molar-refractivity contribution < 1.29 is 13.5 Å². The van der Waals surface area contributed by atoms with Gasteiger partial charge in [0, 0.05) is 5.41 Å². The Kier molecular flexibility index (Phi) is 2.15. The van der Waals surface area contributed by atoms with Crippen LogP contribution in [0.3, 0.4) is 0 Å². The van der Waals surface area contributed by atoms with Crippen LogP contribution < -0.4 is 5.73 Å². The molecule has 2 aliphatic heterocycles. The minimum Gasteiger partial charge on any atom is -0.378 e. The summed E-state index contributed by atoms with van der Waals surface area (Å²) in [5, 5.41) is 11.2. The number of thioether (sulfide) groups is 2. The molecule has 2 aliphatic rings. The van der Waals surface area contributed by atoms with Gasteiger partial charge in [0.1, 0.15) is 0 Å². The number of nitrogens with two attached hydrogens (primary N) is 1. The third-order valence-corrected chi connectivity index (χ3v) is 6.46. The molecular weight excluding hydrogens is 244 g/mol. The van der Waals surface area contributed by atoms with Gasteiger partial charge >= 0.3 is 0 Å². The summed E-state index contributed by atoms with van der Waals surface area (Å²) in [6.07, 6.45) is 1.69. The van der Waals surface area contributed by atoms with E-state index in [1.165, 1.54) is 11.8 Å². The Morgan fingerprint density at radius 1 is 1.79 bits per heavy atom. The van der Waals surface area contributed by atoms with Crippen molar-refractivity contribution in [2.24, 2.45) is 10.7 Å². The Morgan fingerprint density at radius 2 is 2.43 bits per heavy atom. The van der Waals surface area contributed by atoms with E-state index in [4.69, 9.17) is 5.73 Å². The summed E-state index contributed by atoms with van der Waals surface area (Å²) >= 11 is 2.05. The lowest BCUT2D eigenvalue weighted by Crippen LogP contribution is -2.35. The molecule has 8 heteroatoms. The second kappa shape index (κ2) is 2.91. The fraction of sp³-hybridized carbons (Fsp3) is 0.500. The lowest BCUT2D eigenvalue weighted by atomic mass is 10.3. The minimum absolute atomic E-state index is 0.112. The van der Waals surface area contributed by atoms with Crippen LogP contribution in [-0.2, 0) is 9.84 Å². The van der Waals surface area contributed by atoms with Gasteiger partial charge in [-0.15, -0.1) is 11.8 Å². The van der Waals surface area contributed by atoms with Gasteiger partial charge in [-0.3, -0.25) is 0 Å². The van der Waals surface area contributed by atoms with Crippen LogP contribution in [0.5, 0.6) is 0 Å². The Hall–Kier alpha value is -0.180. The quantitative estimate of drug-likeness (QED) is 0.665. The molecule has 2 heterocycles. The highest BCUT2D eigenvalue weighted by atomic mass is 32.3. The van der Waals surface area contributed by atoms with Crippen LogP contribution in [0, 0.1) is 0 Å². The molecule has 3 N–H and O–H groups in total. The highest BCUT2D eigenvalue weighted by Crippen LogP contribution is 2.49. The molecule has 0 amide bonds. The first-order chi connectivity index (χ1) is 6.40. The lowest BCUT2D eigenvalue weighted by molar-refractivity contribution is 0.119. The highest BCUT2D eigenvalue weighted by molar-refractivity contribution is 8.24. The van der Waals surface area contributed by atoms with E-state index in [0.717, 1.165) is 17.2 Å². The second-order valence-corrected chi connectivity index (χ2v) is 7.06. The number of hydrogen-bond donors (Lipinski definition) is 2. The summed E-state index contributed by atoms with van der Waals surface area (Å²) in [5.41, 5.74) is 3.74. The molecule has 0 fully saturated rings. The number of nitrogens with zero attached hydrogens (tertiary/aromatic N) is 1. The second-order valence-electron chi connectivity index (χ2n) is 2.90. The van der Waals surface area contributed by atoms with Crippen molar-refractivity contribution in [1.82, 2.24) is 0 Å². The van der Waals surface area contributed by atoms with Gasteiger partial charge in [0.15, 0.2) is 19.6 Å². The van der Waals surface area contributed by atoms with Crippen molar-refractivity contribution >= 4 is 38.5 Å². The van der Waals surface area contributed by atoms with Crippen molar-refractivity contribution in [2.75, 3.05) is 6.26 Å². The zero-order valence-electron chi connectivity index (χ0n) is 7.17. The fourth-order valence-corrected chi connectivity index (χ4v) is 5.79. The molecule has 14 heavy (non-hydrogen) atoms. The summed E-state index contributed by atoms with van der Waals surface area (Å²) in [6, 6.07) is 0. The van der Waals surface area contributed by atoms with E-state index in [-0.39, 0.29) is 5.17 Å². The van der Waals surface area contributed by atoms with E-state index in [9.17, 15) is 13.5 Å². The topological polar surface area (TPSA) is 92.8 Å². The van der Waals surface area contributed by atoms with Crippen LogP contribution >= 0.6 is 23.5 Å². The van der Waals surface area contributed by atoms with Gasteiger partial charge in [0.05, 0.1) is 4.91 Å². The van der Waals surface area contributed by atoms with Crippen molar-refractivity contribution in [3.8, 4) is 0 Å². The van der Waals surface area contributed by atoms with E-state index in [1.54, 1.807) is 6.26 Å². The molecule has 0 bridgehead atoms. The van der Waals surface area contributed by atoms with Gasteiger partial charge in [-0.1, -0.05) is 11.8 Å². The summed E-state index contributed by atoms with van der Waals surface area (Å²) in [6.45, 7) is 0. The van der Waals surface area contributed by atoms with E-state index in [0.29, 0.717) is 4.91 Å². The number of aliphatic hydroxyl groups is 1. The number of hydrogen-bond acceptors (Lipinski definition) is 7. The van der Waals surface area contributed by atoms with E-state index in [1.807, 2.05) is 0 Å². The first-order valence-electron chi connectivity index (χ1n) is 3.64. The molecule has 5 nitrogen and oxygen atoms in total. The third-order valence-electron chi connectivity index (χ3n) is 1.99. The molecular formula is C6H8N2O3S3.